The molecule has 2 rings (SSSR count). The fourth-order valence-electron chi connectivity index (χ4n) is 2.45. The average molecular weight is 267 g/mol. The highest BCUT2D eigenvalue weighted by Gasteiger charge is 2.29. The summed E-state index contributed by atoms with van der Waals surface area (Å²) in [6, 6.07) is 7.85. The fraction of sp³-hybridized carbons (Fsp3) is 0.571. The van der Waals surface area contributed by atoms with Crippen molar-refractivity contribution < 1.29 is 8.42 Å². The first-order chi connectivity index (χ1) is 8.54. The van der Waals surface area contributed by atoms with E-state index in [2.05, 4.69) is 6.92 Å². The molecule has 1 heterocycles. The number of hydrogen-bond donors (Lipinski definition) is 0. The van der Waals surface area contributed by atoms with Gasteiger partial charge in [0.2, 0.25) is 10.0 Å². The smallest absolute Gasteiger partial charge is 0.235 e. The van der Waals surface area contributed by atoms with Crippen LogP contribution >= 0.6 is 0 Å². The lowest BCUT2D eigenvalue weighted by atomic mass is 9.96. The van der Waals surface area contributed by atoms with E-state index >= 15 is 0 Å². The third-order valence-electron chi connectivity index (χ3n) is 3.40. The van der Waals surface area contributed by atoms with E-state index in [1.54, 1.807) is 4.31 Å². The summed E-state index contributed by atoms with van der Waals surface area (Å²) >= 11 is 0. The molecule has 1 aliphatic rings. The summed E-state index contributed by atoms with van der Waals surface area (Å²) in [7, 11) is -3.16. The maximum Gasteiger partial charge on any atom is 0.235 e. The third-order valence-corrected chi connectivity index (χ3v) is 5.22. The van der Waals surface area contributed by atoms with Crippen LogP contribution in [0.2, 0.25) is 0 Å². The van der Waals surface area contributed by atoms with Crippen molar-refractivity contribution in [2.45, 2.75) is 33.1 Å². The number of benzene rings is 1. The lowest BCUT2D eigenvalue weighted by Crippen LogP contribution is -2.40. The highest BCUT2D eigenvalue weighted by Crippen LogP contribution is 2.31. The van der Waals surface area contributed by atoms with Gasteiger partial charge in [0.15, 0.2) is 0 Å². The highest BCUT2D eigenvalue weighted by molar-refractivity contribution is 7.92. The van der Waals surface area contributed by atoms with E-state index in [1.165, 1.54) is 0 Å². The molecule has 0 aromatic heterocycles. The van der Waals surface area contributed by atoms with Gasteiger partial charge in [0.25, 0.3) is 0 Å². The van der Waals surface area contributed by atoms with Crippen LogP contribution in [0.3, 0.4) is 0 Å². The first-order valence-electron chi connectivity index (χ1n) is 6.63. The van der Waals surface area contributed by atoms with Crippen LogP contribution in [0.25, 0.3) is 0 Å². The predicted molar refractivity (Wildman–Crippen MR) is 75.4 cm³/mol. The Morgan fingerprint density at radius 3 is 2.78 bits per heavy atom. The van der Waals surface area contributed by atoms with Crippen LogP contribution in [0.15, 0.2) is 24.3 Å². The zero-order chi connectivity index (χ0) is 13.2. The van der Waals surface area contributed by atoms with Gasteiger partial charge in [-0.05, 0) is 30.4 Å². The van der Waals surface area contributed by atoms with Crippen LogP contribution in [0.4, 0.5) is 5.69 Å². The summed E-state index contributed by atoms with van der Waals surface area (Å²) in [6.45, 7) is 4.74. The van der Waals surface area contributed by atoms with Gasteiger partial charge in [0, 0.05) is 6.54 Å². The third kappa shape index (κ3) is 2.69. The minimum atomic E-state index is -3.16. The molecule has 4 heteroatoms. The van der Waals surface area contributed by atoms with Gasteiger partial charge < -0.3 is 0 Å². The molecular weight excluding hydrogens is 246 g/mol. The molecule has 100 valence electrons. The van der Waals surface area contributed by atoms with Crippen molar-refractivity contribution in [3.63, 3.8) is 0 Å². The standard InChI is InChI=1S/C14H21NO2S/c1-3-4-9-18(16,17)15-11-12(2)10-13-7-5-6-8-14(13)15/h5-8,12H,3-4,9-11H2,1-2H3. The van der Waals surface area contributed by atoms with Crippen molar-refractivity contribution in [1.29, 1.82) is 0 Å². The summed E-state index contributed by atoms with van der Waals surface area (Å²) in [5, 5.41) is 0. The van der Waals surface area contributed by atoms with E-state index in [9.17, 15) is 8.42 Å². The SMILES string of the molecule is CCCCS(=O)(=O)N1CC(C)Cc2ccccc21. The van der Waals surface area contributed by atoms with Crippen LogP contribution in [0.1, 0.15) is 32.3 Å². The molecule has 1 unspecified atom stereocenters. The Morgan fingerprint density at radius 2 is 2.06 bits per heavy atom. The number of hydrogen-bond acceptors (Lipinski definition) is 2. The molecule has 1 aliphatic heterocycles. The zero-order valence-electron chi connectivity index (χ0n) is 11.1. The molecular formula is C14H21NO2S. The number of fused-ring (bicyclic) bond motifs is 1. The van der Waals surface area contributed by atoms with E-state index in [4.69, 9.17) is 0 Å². The number of nitrogens with zero attached hydrogens (tertiary/aromatic N) is 1. The Kier molecular flexibility index (Phi) is 3.95. The summed E-state index contributed by atoms with van der Waals surface area (Å²) in [5.74, 6) is 0.640. The Morgan fingerprint density at radius 1 is 1.33 bits per heavy atom. The maximum absolute atomic E-state index is 12.4. The molecule has 1 aromatic carbocycles. The van der Waals surface area contributed by atoms with Crippen LogP contribution in [0, 0.1) is 5.92 Å². The maximum atomic E-state index is 12.4. The van der Waals surface area contributed by atoms with E-state index < -0.39 is 10.0 Å². The van der Waals surface area contributed by atoms with E-state index in [-0.39, 0.29) is 5.75 Å². The Hall–Kier alpha value is -1.03. The summed E-state index contributed by atoms with van der Waals surface area (Å²) in [6.07, 6.45) is 2.61. The van der Waals surface area contributed by atoms with E-state index in [0.717, 1.165) is 30.5 Å². The molecule has 0 amide bonds. The molecule has 0 fully saturated rings. The Labute approximate surface area is 110 Å². The van der Waals surface area contributed by atoms with Crippen LogP contribution in [-0.4, -0.2) is 20.7 Å². The monoisotopic (exact) mass is 267 g/mol. The lowest BCUT2D eigenvalue weighted by molar-refractivity contribution is 0.543. The molecule has 0 bridgehead atoms. The number of rotatable bonds is 4. The second-order valence-electron chi connectivity index (χ2n) is 5.14. The van der Waals surface area contributed by atoms with Gasteiger partial charge in [-0.1, -0.05) is 38.5 Å². The molecule has 0 saturated heterocycles. The number of unbranched alkanes of at least 4 members (excludes halogenated alkanes) is 1. The summed E-state index contributed by atoms with van der Waals surface area (Å²) in [5.41, 5.74) is 2.03. The number of anilines is 1. The van der Waals surface area contributed by atoms with Gasteiger partial charge in [-0.2, -0.15) is 0 Å². The topological polar surface area (TPSA) is 37.4 Å². The van der Waals surface area contributed by atoms with E-state index in [0.29, 0.717) is 12.5 Å². The molecule has 1 aromatic rings. The van der Waals surface area contributed by atoms with Crippen LogP contribution in [0.5, 0.6) is 0 Å². The van der Waals surface area contributed by atoms with Crippen molar-refractivity contribution in [3.05, 3.63) is 29.8 Å². The molecule has 0 N–H and O–H groups in total. The largest absolute Gasteiger partial charge is 0.270 e. The fourth-order valence-corrected chi connectivity index (χ4v) is 4.28. The zero-order valence-corrected chi connectivity index (χ0v) is 11.9. The van der Waals surface area contributed by atoms with Crippen molar-refractivity contribution in [2.24, 2.45) is 5.92 Å². The van der Waals surface area contributed by atoms with Crippen LogP contribution < -0.4 is 4.31 Å². The molecule has 0 saturated carbocycles. The van der Waals surface area contributed by atoms with Crippen molar-refractivity contribution in [1.82, 2.24) is 0 Å². The van der Waals surface area contributed by atoms with Crippen molar-refractivity contribution >= 4 is 15.7 Å². The Balaban J connectivity index is 2.34. The predicted octanol–water partition coefficient (Wildman–Crippen LogP) is 2.82. The minimum Gasteiger partial charge on any atom is -0.270 e. The molecule has 0 spiro atoms. The van der Waals surface area contributed by atoms with Gasteiger partial charge in [0.05, 0.1) is 11.4 Å². The number of sulfonamides is 1. The summed E-state index contributed by atoms with van der Waals surface area (Å²) in [4.78, 5) is 0. The Bertz CT molecular complexity index is 510. The first kappa shape index (κ1) is 13.4. The van der Waals surface area contributed by atoms with Crippen LogP contribution in [-0.2, 0) is 16.4 Å². The van der Waals surface area contributed by atoms with Gasteiger partial charge >= 0.3 is 0 Å². The van der Waals surface area contributed by atoms with Gasteiger partial charge in [-0.25, -0.2) is 8.42 Å². The van der Waals surface area contributed by atoms with Gasteiger partial charge in [0.1, 0.15) is 0 Å². The van der Waals surface area contributed by atoms with Crippen molar-refractivity contribution in [3.8, 4) is 0 Å². The number of para-hydroxylation sites is 1. The molecule has 0 radical (unpaired) electrons. The van der Waals surface area contributed by atoms with E-state index in [1.807, 2.05) is 31.2 Å². The normalized spacial score (nSPS) is 19.7. The van der Waals surface area contributed by atoms with Gasteiger partial charge in [-0.15, -0.1) is 0 Å². The quantitative estimate of drug-likeness (QED) is 0.841. The second kappa shape index (κ2) is 5.31. The molecule has 1 atom stereocenters. The second-order valence-corrected chi connectivity index (χ2v) is 7.15. The summed E-state index contributed by atoms with van der Waals surface area (Å²) < 4.78 is 26.4. The average Bonchev–Trinajstić information content (AvgIpc) is 2.35. The highest BCUT2D eigenvalue weighted by atomic mass is 32.2. The lowest BCUT2D eigenvalue weighted by Gasteiger charge is -2.33. The minimum absolute atomic E-state index is 0.255. The molecule has 0 aliphatic carbocycles. The molecule has 3 nitrogen and oxygen atoms in total. The first-order valence-corrected chi connectivity index (χ1v) is 8.24. The van der Waals surface area contributed by atoms with Gasteiger partial charge in [-0.3, -0.25) is 4.31 Å². The molecule has 18 heavy (non-hydrogen) atoms. The van der Waals surface area contributed by atoms with Crippen molar-refractivity contribution in [2.75, 3.05) is 16.6 Å².